The van der Waals surface area contributed by atoms with Crippen molar-refractivity contribution in [3.05, 3.63) is 59.2 Å². The van der Waals surface area contributed by atoms with Crippen molar-refractivity contribution in [2.24, 2.45) is 5.92 Å². The van der Waals surface area contributed by atoms with Crippen LogP contribution in [-0.4, -0.2) is 28.2 Å². The minimum absolute atomic E-state index is 0.256. The van der Waals surface area contributed by atoms with Crippen LogP contribution in [0.4, 0.5) is 5.69 Å². The molecule has 0 saturated heterocycles. The lowest BCUT2D eigenvalue weighted by Gasteiger charge is -2.47. The van der Waals surface area contributed by atoms with E-state index in [1.807, 2.05) is 19.1 Å². The molecule has 4 rings (SSSR count). The van der Waals surface area contributed by atoms with Gasteiger partial charge in [-0.25, -0.2) is 8.42 Å². The number of hydrogen-bond acceptors (Lipinski definition) is 4. The normalized spacial score (nSPS) is 21.9. The van der Waals surface area contributed by atoms with Gasteiger partial charge in [-0.1, -0.05) is 29.3 Å². The molecule has 2 atom stereocenters. The second kappa shape index (κ2) is 7.59. The Bertz CT molecular complexity index is 1130. The van der Waals surface area contributed by atoms with Crippen LogP contribution in [0.25, 0.3) is 0 Å². The van der Waals surface area contributed by atoms with E-state index < -0.39 is 10.0 Å². The summed E-state index contributed by atoms with van der Waals surface area (Å²) in [5, 5.41) is 0. The van der Waals surface area contributed by atoms with Crippen molar-refractivity contribution in [2.45, 2.75) is 57.0 Å². The van der Waals surface area contributed by atoms with Crippen molar-refractivity contribution in [2.75, 3.05) is 18.5 Å². The molecule has 0 unspecified atom stereocenters. The van der Waals surface area contributed by atoms with E-state index in [0.717, 1.165) is 24.0 Å². The molecule has 166 valence electrons. The van der Waals surface area contributed by atoms with E-state index in [2.05, 4.69) is 26.8 Å². The molecule has 0 bridgehead atoms. The van der Waals surface area contributed by atoms with Gasteiger partial charge in [-0.15, -0.1) is 0 Å². The highest BCUT2D eigenvalue weighted by atomic mass is 32.2. The van der Waals surface area contributed by atoms with E-state index in [9.17, 15) is 8.42 Å². The third kappa shape index (κ3) is 3.71. The van der Waals surface area contributed by atoms with Crippen LogP contribution in [0.1, 0.15) is 50.7 Å². The number of sulfonamides is 1. The van der Waals surface area contributed by atoms with E-state index in [-0.39, 0.29) is 16.4 Å². The predicted octanol–water partition coefficient (Wildman–Crippen LogP) is 5.44. The summed E-state index contributed by atoms with van der Waals surface area (Å²) >= 11 is 0. The lowest BCUT2D eigenvalue weighted by molar-refractivity contribution is 0.00765. The third-order valence-corrected chi connectivity index (χ3v) is 8.54. The van der Waals surface area contributed by atoms with E-state index >= 15 is 0 Å². The fourth-order valence-corrected chi connectivity index (χ4v) is 6.07. The average molecular weight is 442 g/mol. The summed E-state index contributed by atoms with van der Waals surface area (Å²) in [5.41, 5.74) is 3.60. The number of ether oxygens (including phenoxy) is 2. The molecule has 6 heteroatoms. The van der Waals surface area contributed by atoms with Gasteiger partial charge in [0.25, 0.3) is 10.0 Å². The number of aryl methyl sites for hydroxylation is 1. The third-order valence-electron chi connectivity index (χ3n) is 6.74. The summed E-state index contributed by atoms with van der Waals surface area (Å²) in [6.07, 6.45) is 4.23. The van der Waals surface area contributed by atoms with Crippen molar-refractivity contribution in [3.63, 3.8) is 0 Å². The molecule has 1 aliphatic heterocycles. The van der Waals surface area contributed by atoms with E-state index in [1.54, 1.807) is 38.4 Å². The molecular weight excluding hydrogens is 410 g/mol. The Labute approximate surface area is 185 Å². The van der Waals surface area contributed by atoms with Crippen molar-refractivity contribution >= 4 is 15.7 Å². The minimum atomic E-state index is -3.71. The van der Waals surface area contributed by atoms with Crippen LogP contribution in [0.2, 0.25) is 0 Å². The second-order valence-electron chi connectivity index (χ2n) is 9.25. The Morgan fingerprint density at radius 2 is 1.81 bits per heavy atom. The number of allylic oxidation sites excluding steroid dienone is 2. The van der Waals surface area contributed by atoms with Crippen LogP contribution in [0.15, 0.2) is 52.9 Å². The van der Waals surface area contributed by atoms with Gasteiger partial charge in [0, 0.05) is 36.6 Å². The van der Waals surface area contributed by atoms with Crippen LogP contribution in [0.3, 0.4) is 0 Å². The molecule has 0 spiro atoms. The summed E-state index contributed by atoms with van der Waals surface area (Å²) < 4.78 is 40.0. The highest BCUT2D eigenvalue weighted by molar-refractivity contribution is 7.92. The smallest absolute Gasteiger partial charge is 0.264 e. The second-order valence-corrected chi connectivity index (χ2v) is 11.2. The van der Waals surface area contributed by atoms with Crippen LogP contribution >= 0.6 is 0 Å². The van der Waals surface area contributed by atoms with Gasteiger partial charge in [0.15, 0.2) is 0 Å². The molecule has 1 aliphatic carbocycles. The SMILES string of the molecule is COc1cc(N(C)S(=O)(=O)c2ccc(C)cc2)cc2c1[C@@H]1CC(C)=CC[C@H]1C(C)(C)O2. The highest BCUT2D eigenvalue weighted by Gasteiger charge is 2.46. The fourth-order valence-electron chi connectivity index (χ4n) is 4.89. The van der Waals surface area contributed by atoms with Crippen LogP contribution < -0.4 is 13.8 Å². The molecule has 0 radical (unpaired) electrons. The predicted molar refractivity (Wildman–Crippen MR) is 124 cm³/mol. The average Bonchev–Trinajstić information content (AvgIpc) is 2.71. The zero-order chi connectivity index (χ0) is 22.6. The van der Waals surface area contributed by atoms with E-state index in [0.29, 0.717) is 23.1 Å². The van der Waals surface area contributed by atoms with Gasteiger partial charge >= 0.3 is 0 Å². The lowest BCUT2D eigenvalue weighted by Crippen LogP contribution is -2.45. The monoisotopic (exact) mass is 441 g/mol. The van der Waals surface area contributed by atoms with Gasteiger partial charge in [0.05, 0.1) is 17.7 Å². The molecule has 5 nitrogen and oxygen atoms in total. The summed E-state index contributed by atoms with van der Waals surface area (Å²) in [5.74, 6) is 2.02. The highest BCUT2D eigenvalue weighted by Crippen LogP contribution is 2.55. The topological polar surface area (TPSA) is 55.8 Å². The minimum Gasteiger partial charge on any atom is -0.496 e. The Morgan fingerprint density at radius 1 is 1.13 bits per heavy atom. The summed E-state index contributed by atoms with van der Waals surface area (Å²) in [6, 6.07) is 10.5. The van der Waals surface area contributed by atoms with Gasteiger partial charge in [0.1, 0.15) is 17.1 Å². The number of benzene rings is 2. The van der Waals surface area contributed by atoms with Crippen LogP contribution in [0, 0.1) is 12.8 Å². The number of methoxy groups -OCH3 is 1. The first-order chi connectivity index (χ1) is 14.5. The first kappa shape index (κ1) is 21.8. The molecule has 1 heterocycles. The molecule has 2 aromatic rings. The molecule has 0 aromatic heterocycles. The number of fused-ring (bicyclic) bond motifs is 3. The Balaban J connectivity index is 1.81. The Morgan fingerprint density at radius 3 is 2.45 bits per heavy atom. The molecule has 31 heavy (non-hydrogen) atoms. The van der Waals surface area contributed by atoms with Gasteiger partial charge in [-0.3, -0.25) is 4.31 Å². The number of nitrogens with zero attached hydrogens (tertiary/aromatic N) is 1. The van der Waals surface area contributed by atoms with Gasteiger partial charge in [-0.05, 0) is 52.7 Å². The zero-order valence-electron chi connectivity index (χ0n) is 19.1. The Hall–Kier alpha value is -2.47. The van der Waals surface area contributed by atoms with Gasteiger partial charge in [0.2, 0.25) is 0 Å². The fraction of sp³-hybridized carbons (Fsp3) is 0.440. The van der Waals surface area contributed by atoms with Gasteiger partial charge in [-0.2, -0.15) is 0 Å². The maximum absolute atomic E-state index is 13.2. The summed E-state index contributed by atoms with van der Waals surface area (Å²) in [6.45, 7) is 8.34. The molecule has 2 aromatic carbocycles. The number of anilines is 1. The summed E-state index contributed by atoms with van der Waals surface area (Å²) in [4.78, 5) is 0.256. The first-order valence-electron chi connectivity index (χ1n) is 10.7. The molecule has 0 N–H and O–H groups in total. The summed E-state index contributed by atoms with van der Waals surface area (Å²) in [7, 11) is -0.505. The lowest BCUT2D eigenvalue weighted by atomic mass is 9.67. The number of rotatable bonds is 4. The van der Waals surface area contributed by atoms with Crippen molar-refractivity contribution < 1.29 is 17.9 Å². The molecule has 0 fully saturated rings. The van der Waals surface area contributed by atoms with Crippen LogP contribution in [-0.2, 0) is 10.0 Å². The first-order valence-corrected chi connectivity index (χ1v) is 12.1. The zero-order valence-corrected chi connectivity index (χ0v) is 19.9. The molecule has 0 saturated carbocycles. The maximum atomic E-state index is 13.2. The molecule has 0 amide bonds. The van der Waals surface area contributed by atoms with Crippen molar-refractivity contribution in [3.8, 4) is 11.5 Å². The molecular formula is C25H31NO4S. The van der Waals surface area contributed by atoms with Crippen molar-refractivity contribution in [1.29, 1.82) is 0 Å². The van der Waals surface area contributed by atoms with E-state index in [1.165, 1.54) is 9.88 Å². The van der Waals surface area contributed by atoms with Gasteiger partial charge < -0.3 is 9.47 Å². The van der Waals surface area contributed by atoms with Crippen LogP contribution in [0.5, 0.6) is 11.5 Å². The van der Waals surface area contributed by atoms with E-state index in [4.69, 9.17) is 9.47 Å². The standard InChI is InChI=1S/C25H31NO4S/c1-16-7-10-19(11-8-16)31(27,28)26(5)18-14-22(29-6)24-20-13-17(2)9-12-21(20)25(3,4)30-23(24)15-18/h7-11,14-15,20-21H,12-13H2,1-6H3/t20-,21-/m1/s1. The maximum Gasteiger partial charge on any atom is 0.264 e. The largest absolute Gasteiger partial charge is 0.496 e. The Kier molecular flexibility index (Phi) is 5.32. The molecule has 2 aliphatic rings. The number of hydrogen-bond donors (Lipinski definition) is 0. The van der Waals surface area contributed by atoms with Crippen molar-refractivity contribution in [1.82, 2.24) is 0 Å². The quantitative estimate of drug-likeness (QED) is 0.593.